The van der Waals surface area contributed by atoms with Gasteiger partial charge in [0, 0.05) is 6.54 Å². The molecule has 0 atom stereocenters. The summed E-state index contributed by atoms with van der Waals surface area (Å²) in [5, 5.41) is 17.4. The molecule has 26 heavy (non-hydrogen) atoms. The number of carbonyl (C=O) groups is 2. The lowest BCUT2D eigenvalue weighted by Gasteiger charge is -2.07. The third-order valence-corrected chi connectivity index (χ3v) is 3.57. The highest BCUT2D eigenvalue weighted by Gasteiger charge is 2.23. The van der Waals surface area contributed by atoms with Crippen molar-refractivity contribution in [2.45, 2.75) is 26.9 Å². The van der Waals surface area contributed by atoms with Crippen molar-refractivity contribution in [2.24, 2.45) is 0 Å². The van der Waals surface area contributed by atoms with E-state index < -0.39 is 23.4 Å². The summed E-state index contributed by atoms with van der Waals surface area (Å²) in [5.74, 6) is -1.65. The summed E-state index contributed by atoms with van der Waals surface area (Å²) in [6.07, 6.45) is 0. The highest BCUT2D eigenvalue weighted by atomic mass is 19.1. The van der Waals surface area contributed by atoms with Crippen LogP contribution in [0.2, 0.25) is 0 Å². The quantitative estimate of drug-likeness (QED) is 0.451. The van der Waals surface area contributed by atoms with Crippen LogP contribution < -0.4 is 5.32 Å². The van der Waals surface area contributed by atoms with Crippen molar-refractivity contribution in [3.8, 4) is 0 Å². The lowest BCUT2D eigenvalue weighted by Crippen LogP contribution is -2.29. The van der Waals surface area contributed by atoms with Crippen molar-refractivity contribution >= 4 is 17.6 Å². The topological polar surface area (TPSA) is 116 Å². The van der Waals surface area contributed by atoms with Crippen molar-refractivity contribution in [2.75, 3.05) is 6.61 Å². The third-order valence-electron chi connectivity index (χ3n) is 3.57. The molecule has 2 rings (SSSR count). The zero-order chi connectivity index (χ0) is 19.3. The second kappa shape index (κ2) is 8.19. The van der Waals surface area contributed by atoms with Gasteiger partial charge < -0.3 is 10.1 Å². The molecular weight excluding hydrogens is 347 g/mol. The molecule has 9 nitrogen and oxygen atoms in total. The molecule has 1 N–H and O–H groups in total. The highest BCUT2D eigenvalue weighted by molar-refractivity contribution is 5.80. The van der Waals surface area contributed by atoms with Gasteiger partial charge in [-0.3, -0.25) is 24.4 Å². The Bertz CT molecular complexity index is 832. The Morgan fingerprint density at radius 2 is 1.96 bits per heavy atom. The number of aromatic nitrogens is 2. The largest absolute Gasteiger partial charge is 0.454 e. The Hall–Kier alpha value is -3.30. The number of carbonyl (C=O) groups excluding carboxylic acids is 2. The second-order valence-corrected chi connectivity index (χ2v) is 5.50. The minimum atomic E-state index is -0.748. The summed E-state index contributed by atoms with van der Waals surface area (Å²) in [4.78, 5) is 33.8. The van der Waals surface area contributed by atoms with E-state index in [9.17, 15) is 24.1 Å². The van der Waals surface area contributed by atoms with Crippen LogP contribution in [0.1, 0.15) is 17.0 Å². The van der Waals surface area contributed by atoms with E-state index in [-0.39, 0.29) is 36.0 Å². The molecule has 1 amide bonds. The summed E-state index contributed by atoms with van der Waals surface area (Å²) in [6.45, 7) is 2.27. The maximum atomic E-state index is 12.8. The highest BCUT2D eigenvalue weighted by Crippen LogP contribution is 2.21. The van der Waals surface area contributed by atoms with Crippen LogP contribution in [0.25, 0.3) is 0 Å². The number of hydrogen-bond acceptors (Lipinski definition) is 6. The standard InChI is InChI=1S/C16H17FN4O5/c1-10-16(21(24)25)11(2)20(19-10)8-15(23)26-9-14(22)18-7-12-3-5-13(17)6-4-12/h3-6H,7-9H2,1-2H3,(H,18,22). The maximum Gasteiger partial charge on any atom is 0.328 e. The lowest BCUT2D eigenvalue weighted by atomic mass is 10.2. The minimum Gasteiger partial charge on any atom is -0.454 e. The maximum absolute atomic E-state index is 12.8. The first-order valence-corrected chi connectivity index (χ1v) is 7.63. The Labute approximate surface area is 147 Å². The Balaban J connectivity index is 1.81. The van der Waals surface area contributed by atoms with Crippen molar-refractivity contribution in [1.82, 2.24) is 15.1 Å². The Kier molecular flexibility index (Phi) is 5.99. The fourth-order valence-electron chi connectivity index (χ4n) is 2.27. The van der Waals surface area contributed by atoms with Gasteiger partial charge in [-0.05, 0) is 31.5 Å². The van der Waals surface area contributed by atoms with Crippen LogP contribution in [-0.4, -0.2) is 33.2 Å². The van der Waals surface area contributed by atoms with Gasteiger partial charge >= 0.3 is 11.7 Å². The van der Waals surface area contributed by atoms with Crippen LogP contribution in [0.4, 0.5) is 10.1 Å². The number of nitro groups is 1. The van der Waals surface area contributed by atoms with Gasteiger partial charge in [-0.2, -0.15) is 5.10 Å². The number of nitrogens with zero attached hydrogens (tertiary/aromatic N) is 3. The molecule has 0 aliphatic rings. The number of nitrogens with one attached hydrogen (secondary N) is 1. The molecule has 1 aromatic heterocycles. The smallest absolute Gasteiger partial charge is 0.328 e. The van der Waals surface area contributed by atoms with Gasteiger partial charge in [0.25, 0.3) is 5.91 Å². The average molecular weight is 364 g/mol. The van der Waals surface area contributed by atoms with Gasteiger partial charge in [-0.25, -0.2) is 4.39 Å². The third kappa shape index (κ3) is 4.85. The number of esters is 1. The fourth-order valence-corrected chi connectivity index (χ4v) is 2.27. The summed E-state index contributed by atoms with van der Waals surface area (Å²) in [6, 6.07) is 5.60. The van der Waals surface area contributed by atoms with Crippen LogP contribution >= 0.6 is 0 Å². The van der Waals surface area contributed by atoms with Crippen LogP contribution in [0, 0.1) is 29.8 Å². The summed E-state index contributed by atoms with van der Waals surface area (Å²) in [7, 11) is 0. The molecule has 0 spiro atoms. The first-order valence-electron chi connectivity index (χ1n) is 7.63. The van der Waals surface area contributed by atoms with Crippen molar-refractivity contribution in [3.63, 3.8) is 0 Å². The second-order valence-electron chi connectivity index (χ2n) is 5.50. The normalized spacial score (nSPS) is 10.4. The molecule has 0 unspecified atom stereocenters. The van der Waals surface area contributed by atoms with E-state index in [2.05, 4.69) is 10.4 Å². The van der Waals surface area contributed by atoms with Crippen molar-refractivity contribution in [1.29, 1.82) is 0 Å². The van der Waals surface area contributed by atoms with Gasteiger partial charge in [0.15, 0.2) is 6.61 Å². The first-order chi connectivity index (χ1) is 12.3. The molecule has 0 bridgehead atoms. The number of benzene rings is 1. The molecular formula is C16H17FN4O5. The molecule has 0 saturated heterocycles. The molecule has 2 aromatic rings. The Morgan fingerprint density at radius 1 is 1.31 bits per heavy atom. The molecule has 0 aliphatic carbocycles. The average Bonchev–Trinajstić information content (AvgIpc) is 2.86. The predicted molar refractivity (Wildman–Crippen MR) is 87.6 cm³/mol. The van der Waals surface area contributed by atoms with Crippen molar-refractivity contribution in [3.05, 3.63) is 57.1 Å². The molecule has 1 heterocycles. The van der Waals surface area contributed by atoms with Crippen LogP contribution in [-0.2, 0) is 27.4 Å². The zero-order valence-electron chi connectivity index (χ0n) is 14.2. The number of rotatable bonds is 7. The van der Waals surface area contributed by atoms with E-state index in [0.717, 1.165) is 4.68 Å². The van der Waals surface area contributed by atoms with Crippen LogP contribution in [0.5, 0.6) is 0 Å². The van der Waals surface area contributed by atoms with Crippen molar-refractivity contribution < 1.29 is 23.6 Å². The molecule has 10 heteroatoms. The monoisotopic (exact) mass is 364 g/mol. The first kappa shape index (κ1) is 19.0. The van der Waals surface area contributed by atoms with E-state index in [1.807, 2.05) is 0 Å². The van der Waals surface area contributed by atoms with E-state index >= 15 is 0 Å². The molecule has 1 aromatic carbocycles. The molecule has 0 aliphatic heterocycles. The number of ether oxygens (including phenoxy) is 1. The number of hydrogen-bond donors (Lipinski definition) is 1. The van der Waals surface area contributed by atoms with Gasteiger partial charge in [-0.1, -0.05) is 12.1 Å². The molecule has 0 fully saturated rings. The van der Waals surface area contributed by atoms with E-state index in [0.29, 0.717) is 5.56 Å². The molecule has 138 valence electrons. The van der Waals surface area contributed by atoms with Gasteiger partial charge in [0.05, 0.1) is 4.92 Å². The predicted octanol–water partition coefficient (Wildman–Crippen LogP) is 1.41. The summed E-state index contributed by atoms with van der Waals surface area (Å²) >= 11 is 0. The summed E-state index contributed by atoms with van der Waals surface area (Å²) in [5.41, 5.74) is 0.957. The molecule has 0 saturated carbocycles. The van der Waals surface area contributed by atoms with Gasteiger partial charge in [-0.15, -0.1) is 0 Å². The van der Waals surface area contributed by atoms with Gasteiger partial charge in [0.2, 0.25) is 0 Å². The van der Waals surface area contributed by atoms with E-state index in [1.54, 1.807) is 0 Å². The minimum absolute atomic E-state index is 0.158. The number of aryl methyl sites for hydroxylation is 1. The SMILES string of the molecule is Cc1nn(CC(=O)OCC(=O)NCc2ccc(F)cc2)c(C)c1[N+](=O)[O-]. The lowest BCUT2D eigenvalue weighted by molar-refractivity contribution is -0.386. The fraction of sp³-hybridized carbons (Fsp3) is 0.312. The zero-order valence-corrected chi connectivity index (χ0v) is 14.2. The van der Waals surface area contributed by atoms with Crippen LogP contribution in [0.15, 0.2) is 24.3 Å². The number of halogens is 1. The van der Waals surface area contributed by atoms with Crippen LogP contribution in [0.3, 0.4) is 0 Å². The molecule has 0 radical (unpaired) electrons. The number of amides is 1. The Morgan fingerprint density at radius 3 is 2.54 bits per heavy atom. The summed E-state index contributed by atoms with van der Waals surface area (Å²) < 4.78 is 18.8. The van der Waals surface area contributed by atoms with E-state index in [1.165, 1.54) is 38.1 Å². The van der Waals surface area contributed by atoms with E-state index in [4.69, 9.17) is 4.74 Å². The van der Waals surface area contributed by atoms with Gasteiger partial charge in [0.1, 0.15) is 23.7 Å².